The van der Waals surface area contributed by atoms with Crippen LogP contribution in [0.2, 0.25) is 0 Å². The molecule has 25 heavy (non-hydrogen) atoms. The molecular formula is C19H24N5S+. The van der Waals surface area contributed by atoms with Crippen LogP contribution in [0.4, 0.5) is 0 Å². The van der Waals surface area contributed by atoms with Gasteiger partial charge in [0.1, 0.15) is 29.1 Å². The van der Waals surface area contributed by atoms with E-state index in [1.54, 1.807) is 11.3 Å². The highest BCUT2D eigenvalue weighted by molar-refractivity contribution is 7.09. The van der Waals surface area contributed by atoms with Crippen LogP contribution in [-0.2, 0) is 13.6 Å². The lowest BCUT2D eigenvalue weighted by atomic mass is 9.96. The molecule has 3 heterocycles. The van der Waals surface area contributed by atoms with Crippen LogP contribution in [0.5, 0.6) is 0 Å². The molecule has 0 amide bonds. The van der Waals surface area contributed by atoms with Crippen molar-refractivity contribution in [3.63, 3.8) is 0 Å². The molecule has 1 saturated carbocycles. The van der Waals surface area contributed by atoms with Gasteiger partial charge in [0.25, 0.3) is 0 Å². The molecule has 4 rings (SSSR count). The Labute approximate surface area is 151 Å². The molecule has 1 aliphatic carbocycles. The van der Waals surface area contributed by atoms with Gasteiger partial charge in [0.2, 0.25) is 0 Å². The Bertz CT molecular complexity index is 902. The highest BCUT2D eigenvalue weighted by Gasteiger charge is 2.14. The number of pyridine rings is 1. The summed E-state index contributed by atoms with van der Waals surface area (Å²) in [5.41, 5.74) is 8.25. The molecule has 6 heteroatoms. The van der Waals surface area contributed by atoms with Gasteiger partial charge in [-0.3, -0.25) is 4.99 Å². The summed E-state index contributed by atoms with van der Waals surface area (Å²) in [6.07, 6.45) is 12.5. The van der Waals surface area contributed by atoms with Gasteiger partial charge >= 0.3 is 0 Å². The number of nitrogens with two attached hydrogens (primary N) is 1. The van der Waals surface area contributed by atoms with E-state index in [0.717, 1.165) is 30.1 Å². The third-order valence-corrected chi connectivity index (χ3v) is 5.70. The minimum absolute atomic E-state index is 0.382. The molecule has 5 nitrogen and oxygen atoms in total. The summed E-state index contributed by atoms with van der Waals surface area (Å²) in [4.78, 5) is 9.42. The monoisotopic (exact) mass is 354 g/mol. The highest BCUT2D eigenvalue weighted by Crippen LogP contribution is 2.21. The van der Waals surface area contributed by atoms with Crippen molar-refractivity contribution in [1.29, 1.82) is 0 Å². The van der Waals surface area contributed by atoms with Crippen molar-refractivity contribution in [2.24, 2.45) is 17.8 Å². The van der Waals surface area contributed by atoms with Crippen LogP contribution in [0, 0.1) is 0 Å². The lowest BCUT2D eigenvalue weighted by Crippen LogP contribution is -2.26. The lowest BCUT2D eigenvalue weighted by molar-refractivity contribution is -0.670. The van der Waals surface area contributed by atoms with Gasteiger partial charge in [-0.15, -0.1) is 11.3 Å². The van der Waals surface area contributed by atoms with Gasteiger partial charge in [-0.05, 0) is 18.9 Å². The van der Waals surface area contributed by atoms with Gasteiger partial charge in [0, 0.05) is 23.0 Å². The minimum atomic E-state index is 0.382. The second-order valence-electron chi connectivity index (χ2n) is 6.83. The van der Waals surface area contributed by atoms with E-state index >= 15 is 0 Å². The van der Waals surface area contributed by atoms with Gasteiger partial charge in [0.05, 0.1) is 12.6 Å². The van der Waals surface area contributed by atoms with Crippen molar-refractivity contribution in [1.82, 2.24) is 9.55 Å². The molecule has 2 N–H and O–H groups in total. The molecule has 0 aliphatic heterocycles. The minimum Gasteiger partial charge on any atom is -0.382 e. The number of thiazole rings is 1. The van der Waals surface area contributed by atoms with Gasteiger partial charge in [-0.2, -0.15) is 0 Å². The maximum Gasteiger partial charge on any atom is 0.193 e. The Hall–Kier alpha value is -2.21. The van der Waals surface area contributed by atoms with Gasteiger partial charge < -0.3 is 10.3 Å². The lowest BCUT2D eigenvalue weighted by Gasteiger charge is -2.17. The van der Waals surface area contributed by atoms with Crippen LogP contribution in [0.1, 0.15) is 42.8 Å². The van der Waals surface area contributed by atoms with Crippen LogP contribution < -0.4 is 10.3 Å². The standard InChI is InChI=1S/C19H24N5S/c1-23-9-7-14-8-10-24(17(14)11-23)12-18-22-16(13-25-18)19(20)21-15-5-3-2-4-6-15/h7-11,13,15H,2-6,12H2,1H3,(H2,20,21)/q+1. The summed E-state index contributed by atoms with van der Waals surface area (Å²) in [6, 6.07) is 4.66. The van der Waals surface area contributed by atoms with Crippen molar-refractivity contribution in [3.8, 4) is 0 Å². The fraction of sp³-hybridized carbons (Fsp3) is 0.421. The Morgan fingerprint density at radius 1 is 1.36 bits per heavy atom. The Balaban J connectivity index is 1.52. The smallest absolute Gasteiger partial charge is 0.193 e. The summed E-state index contributed by atoms with van der Waals surface area (Å²) >= 11 is 1.65. The second-order valence-corrected chi connectivity index (χ2v) is 7.77. The predicted molar refractivity (Wildman–Crippen MR) is 102 cm³/mol. The first-order chi connectivity index (χ1) is 12.2. The van der Waals surface area contributed by atoms with Crippen LogP contribution in [0.25, 0.3) is 10.9 Å². The number of fused-ring (bicyclic) bond motifs is 1. The van der Waals surface area contributed by atoms with E-state index in [-0.39, 0.29) is 0 Å². The van der Waals surface area contributed by atoms with E-state index in [0.29, 0.717) is 11.9 Å². The molecule has 0 unspecified atom stereocenters. The predicted octanol–water partition coefficient (Wildman–Crippen LogP) is 3.01. The molecule has 0 spiro atoms. The van der Waals surface area contributed by atoms with Gasteiger partial charge in [-0.1, -0.05) is 19.3 Å². The molecule has 3 aromatic heterocycles. The topological polar surface area (TPSA) is 60.1 Å². The molecule has 0 saturated heterocycles. The van der Waals surface area contributed by atoms with Crippen LogP contribution >= 0.6 is 11.3 Å². The summed E-state index contributed by atoms with van der Waals surface area (Å²) in [6.45, 7) is 0.759. The molecular weight excluding hydrogens is 330 g/mol. The van der Waals surface area contributed by atoms with Crippen LogP contribution in [0.3, 0.4) is 0 Å². The number of hydrogen-bond donors (Lipinski definition) is 1. The van der Waals surface area contributed by atoms with Crippen molar-refractivity contribution >= 4 is 28.1 Å². The van der Waals surface area contributed by atoms with E-state index in [2.05, 4.69) is 39.9 Å². The first kappa shape index (κ1) is 16.3. The molecule has 0 aromatic carbocycles. The van der Waals surface area contributed by atoms with E-state index in [9.17, 15) is 0 Å². The number of nitrogens with zero attached hydrogens (tertiary/aromatic N) is 4. The molecule has 0 atom stereocenters. The zero-order chi connectivity index (χ0) is 17.2. The number of rotatable bonds is 4. The Morgan fingerprint density at radius 2 is 2.20 bits per heavy atom. The van der Waals surface area contributed by atoms with E-state index in [1.165, 1.54) is 30.2 Å². The zero-order valence-corrected chi connectivity index (χ0v) is 15.4. The van der Waals surface area contributed by atoms with E-state index in [1.807, 2.05) is 12.4 Å². The number of hydrogen-bond acceptors (Lipinski definition) is 3. The van der Waals surface area contributed by atoms with E-state index < -0.39 is 0 Å². The Morgan fingerprint density at radius 3 is 3.04 bits per heavy atom. The third kappa shape index (κ3) is 3.58. The summed E-state index contributed by atoms with van der Waals surface area (Å²) < 4.78 is 4.30. The van der Waals surface area contributed by atoms with Gasteiger partial charge in [0.15, 0.2) is 12.4 Å². The van der Waals surface area contributed by atoms with Gasteiger partial charge in [-0.25, -0.2) is 9.55 Å². The number of aromatic nitrogens is 3. The SMILES string of the molecule is C[n+]1ccc2ccn(Cc3nc(C(N)=NC4CCCCC4)cs3)c2c1. The van der Waals surface area contributed by atoms with Crippen molar-refractivity contribution in [2.75, 3.05) is 0 Å². The Kier molecular flexibility index (Phi) is 4.53. The fourth-order valence-electron chi connectivity index (χ4n) is 3.48. The van der Waals surface area contributed by atoms with E-state index in [4.69, 9.17) is 15.7 Å². The van der Waals surface area contributed by atoms with Crippen molar-refractivity contribution in [2.45, 2.75) is 44.7 Å². The third-order valence-electron chi connectivity index (χ3n) is 4.87. The number of aliphatic imine (C=N–C) groups is 1. The van der Waals surface area contributed by atoms with Crippen LogP contribution in [-0.4, -0.2) is 21.4 Å². The number of aryl methyl sites for hydroxylation is 1. The highest BCUT2D eigenvalue weighted by atomic mass is 32.1. The maximum atomic E-state index is 6.21. The van der Waals surface area contributed by atoms with Crippen molar-refractivity contribution < 1.29 is 4.57 Å². The molecule has 130 valence electrons. The first-order valence-corrected chi connectivity index (χ1v) is 9.79. The quantitative estimate of drug-likeness (QED) is 0.445. The number of amidine groups is 1. The average Bonchev–Trinajstić information content (AvgIpc) is 3.24. The molecule has 3 aromatic rings. The average molecular weight is 355 g/mol. The molecule has 0 bridgehead atoms. The largest absolute Gasteiger partial charge is 0.382 e. The second kappa shape index (κ2) is 6.96. The van der Waals surface area contributed by atoms with Crippen molar-refractivity contribution in [3.05, 3.63) is 46.8 Å². The normalized spacial score (nSPS) is 16.6. The summed E-state index contributed by atoms with van der Waals surface area (Å²) in [5.74, 6) is 0.596. The molecule has 1 aliphatic rings. The fourth-order valence-corrected chi connectivity index (χ4v) is 4.27. The first-order valence-electron chi connectivity index (χ1n) is 8.91. The zero-order valence-electron chi connectivity index (χ0n) is 14.6. The van der Waals surface area contributed by atoms with Crippen LogP contribution in [0.15, 0.2) is 41.1 Å². The maximum absolute atomic E-state index is 6.21. The summed E-state index contributed by atoms with van der Waals surface area (Å²) in [5, 5.41) is 4.33. The molecule has 0 radical (unpaired) electrons. The molecule has 1 fully saturated rings. The summed E-state index contributed by atoms with van der Waals surface area (Å²) in [7, 11) is 2.04.